The van der Waals surface area contributed by atoms with Gasteiger partial charge in [0, 0.05) is 21.9 Å². The molecule has 0 bridgehead atoms. The molecular weight excluding hydrogens is 364 g/mol. The van der Waals surface area contributed by atoms with E-state index in [1.54, 1.807) is 0 Å². The lowest BCUT2D eigenvalue weighted by Gasteiger charge is -2.13. The highest BCUT2D eigenvalue weighted by Gasteiger charge is 2.15. The van der Waals surface area contributed by atoms with Gasteiger partial charge < -0.3 is 0 Å². The van der Waals surface area contributed by atoms with Crippen LogP contribution >= 0.6 is 0 Å². The zero-order valence-electron chi connectivity index (χ0n) is 16.0. The molecule has 0 radical (unpaired) electrons. The van der Waals surface area contributed by atoms with Crippen LogP contribution in [0.3, 0.4) is 0 Å². The van der Waals surface area contributed by atoms with Crippen LogP contribution in [0.5, 0.6) is 0 Å². The number of aromatic nitrogens is 2. The van der Waals surface area contributed by atoms with Gasteiger partial charge in [-0.05, 0) is 33.7 Å². The number of terminal acetylenes is 2. The summed E-state index contributed by atoms with van der Waals surface area (Å²) in [5.74, 6) is 5.34. The number of benzene rings is 5. The Bertz CT molecular complexity index is 1760. The predicted molar refractivity (Wildman–Crippen MR) is 125 cm³/mol. The smallest absolute Gasteiger partial charge is 0.0985 e. The fourth-order valence-electron chi connectivity index (χ4n) is 4.38. The van der Waals surface area contributed by atoms with Crippen LogP contribution in [0.2, 0.25) is 0 Å². The van der Waals surface area contributed by atoms with Crippen LogP contribution in [0.25, 0.3) is 54.4 Å². The Hall–Kier alpha value is -4.40. The Morgan fingerprint density at radius 3 is 1.87 bits per heavy atom. The number of fused-ring (bicyclic) bond motifs is 9. The minimum Gasteiger partial charge on any atom is -0.244 e. The average Bonchev–Trinajstić information content (AvgIpc) is 2.81. The molecule has 2 heteroatoms. The minimum absolute atomic E-state index is 0.661. The first-order valence-electron chi connectivity index (χ1n) is 9.69. The van der Waals surface area contributed by atoms with Crippen molar-refractivity contribution in [2.24, 2.45) is 0 Å². The van der Waals surface area contributed by atoms with Crippen LogP contribution in [0.1, 0.15) is 11.1 Å². The van der Waals surface area contributed by atoms with E-state index in [4.69, 9.17) is 22.8 Å². The predicted octanol–water partition coefficient (Wildman–Crippen LogP) is 6.21. The first-order chi connectivity index (χ1) is 14.8. The minimum atomic E-state index is 0.661. The normalized spacial score (nSPS) is 11.3. The lowest BCUT2D eigenvalue weighted by Crippen LogP contribution is -1.94. The average molecular weight is 378 g/mol. The molecule has 0 spiro atoms. The molecule has 0 fully saturated rings. The van der Waals surface area contributed by atoms with Gasteiger partial charge in [0.25, 0.3) is 0 Å². The van der Waals surface area contributed by atoms with Crippen LogP contribution in [-0.4, -0.2) is 9.97 Å². The zero-order valence-corrected chi connectivity index (χ0v) is 16.0. The molecule has 0 saturated carbocycles. The van der Waals surface area contributed by atoms with Crippen LogP contribution in [0.4, 0.5) is 0 Å². The van der Waals surface area contributed by atoms with Crippen molar-refractivity contribution in [2.75, 3.05) is 0 Å². The molecule has 0 amide bonds. The van der Waals surface area contributed by atoms with E-state index < -0.39 is 0 Å². The molecule has 5 aromatic carbocycles. The van der Waals surface area contributed by atoms with Crippen molar-refractivity contribution in [3.8, 4) is 24.7 Å². The molecule has 0 N–H and O–H groups in total. The first kappa shape index (κ1) is 16.5. The van der Waals surface area contributed by atoms with Gasteiger partial charge in [-0.2, -0.15) is 0 Å². The second-order valence-electron chi connectivity index (χ2n) is 7.35. The summed E-state index contributed by atoms with van der Waals surface area (Å²) in [4.78, 5) is 10.1. The molecule has 136 valence electrons. The Morgan fingerprint density at radius 1 is 0.567 bits per heavy atom. The summed E-state index contributed by atoms with van der Waals surface area (Å²) in [5, 5.41) is 6.86. The fraction of sp³-hybridized carbons (Fsp3) is 0. The zero-order chi connectivity index (χ0) is 20.2. The Kier molecular flexibility index (Phi) is 3.33. The van der Waals surface area contributed by atoms with Crippen LogP contribution in [0, 0.1) is 24.7 Å². The molecule has 0 aliphatic rings. The van der Waals surface area contributed by atoms with Gasteiger partial charge in [0.05, 0.1) is 22.1 Å². The molecule has 6 rings (SSSR count). The van der Waals surface area contributed by atoms with Gasteiger partial charge >= 0.3 is 0 Å². The third kappa shape index (κ3) is 2.17. The highest BCUT2D eigenvalue weighted by atomic mass is 14.8. The molecule has 30 heavy (non-hydrogen) atoms. The number of nitrogens with zero attached hydrogens (tertiary/aromatic N) is 2. The summed E-state index contributed by atoms with van der Waals surface area (Å²) in [6, 6.07) is 24.8. The molecule has 1 aromatic heterocycles. The molecule has 0 aliphatic heterocycles. The van der Waals surface area contributed by atoms with E-state index in [0.29, 0.717) is 11.1 Å². The molecule has 0 aliphatic carbocycles. The standard InChI is InChI=1S/C28H14N2/c1-3-17-15-24-25(16-18(17)4-2)30-28-26-20-10-6-5-9-19(20)13-14-22(26)21-11-7-8-12-23(21)27(28)29-24/h1-2,5-16H. The van der Waals surface area contributed by atoms with Crippen LogP contribution in [-0.2, 0) is 0 Å². The molecular formula is C28H14N2. The van der Waals surface area contributed by atoms with E-state index in [9.17, 15) is 0 Å². The molecule has 0 unspecified atom stereocenters. The van der Waals surface area contributed by atoms with Gasteiger partial charge in [-0.3, -0.25) is 0 Å². The SMILES string of the molecule is C#Cc1cc2nc3c4ccccc4c4ccc5ccccc5c4c3nc2cc1C#C. The molecule has 0 saturated heterocycles. The fourth-order valence-corrected chi connectivity index (χ4v) is 4.38. The Balaban J connectivity index is 1.95. The van der Waals surface area contributed by atoms with Crippen molar-refractivity contribution in [3.05, 3.63) is 83.9 Å². The third-order valence-corrected chi connectivity index (χ3v) is 5.75. The van der Waals surface area contributed by atoms with Gasteiger partial charge in [-0.25, -0.2) is 9.97 Å². The van der Waals surface area contributed by atoms with E-state index >= 15 is 0 Å². The van der Waals surface area contributed by atoms with Crippen molar-refractivity contribution in [3.63, 3.8) is 0 Å². The van der Waals surface area contributed by atoms with Crippen LogP contribution < -0.4 is 0 Å². The molecule has 6 aromatic rings. The lowest BCUT2D eigenvalue weighted by atomic mass is 9.95. The Morgan fingerprint density at radius 2 is 1.17 bits per heavy atom. The maximum absolute atomic E-state index is 5.68. The first-order valence-corrected chi connectivity index (χ1v) is 9.69. The molecule has 1 heterocycles. The van der Waals surface area contributed by atoms with Crippen molar-refractivity contribution < 1.29 is 0 Å². The topological polar surface area (TPSA) is 25.8 Å². The van der Waals surface area contributed by atoms with Crippen molar-refractivity contribution in [1.29, 1.82) is 0 Å². The van der Waals surface area contributed by atoms with Gasteiger partial charge in [-0.1, -0.05) is 72.5 Å². The third-order valence-electron chi connectivity index (χ3n) is 5.75. The Labute approximate surface area is 173 Å². The van der Waals surface area contributed by atoms with E-state index in [0.717, 1.165) is 43.6 Å². The van der Waals surface area contributed by atoms with Crippen molar-refractivity contribution in [2.45, 2.75) is 0 Å². The summed E-state index contributed by atoms with van der Waals surface area (Å²) < 4.78 is 0. The van der Waals surface area contributed by atoms with Crippen molar-refractivity contribution in [1.82, 2.24) is 9.97 Å². The summed E-state index contributed by atoms with van der Waals surface area (Å²) in [6.45, 7) is 0. The second-order valence-corrected chi connectivity index (χ2v) is 7.35. The highest BCUT2D eigenvalue weighted by molar-refractivity contribution is 6.30. The summed E-state index contributed by atoms with van der Waals surface area (Å²) in [7, 11) is 0. The van der Waals surface area contributed by atoms with Crippen molar-refractivity contribution >= 4 is 54.4 Å². The largest absolute Gasteiger partial charge is 0.244 e. The number of hydrogen-bond donors (Lipinski definition) is 0. The van der Waals surface area contributed by atoms with E-state index in [1.165, 1.54) is 10.8 Å². The lowest BCUT2D eigenvalue weighted by molar-refractivity contribution is 1.41. The van der Waals surface area contributed by atoms with E-state index in [2.05, 4.69) is 66.4 Å². The molecule has 0 atom stereocenters. The maximum atomic E-state index is 5.68. The number of hydrogen-bond acceptors (Lipinski definition) is 2. The quantitative estimate of drug-likeness (QED) is 0.178. The summed E-state index contributed by atoms with van der Waals surface area (Å²) in [6.07, 6.45) is 11.3. The summed E-state index contributed by atoms with van der Waals surface area (Å²) in [5.41, 5.74) is 4.57. The number of rotatable bonds is 0. The maximum Gasteiger partial charge on any atom is 0.0985 e. The highest BCUT2D eigenvalue weighted by Crippen LogP contribution is 2.38. The van der Waals surface area contributed by atoms with E-state index in [-0.39, 0.29) is 0 Å². The second kappa shape index (κ2) is 6.05. The molecule has 2 nitrogen and oxygen atoms in total. The van der Waals surface area contributed by atoms with Gasteiger partial charge in [0.1, 0.15) is 0 Å². The van der Waals surface area contributed by atoms with Gasteiger partial charge in [0.2, 0.25) is 0 Å². The summed E-state index contributed by atoms with van der Waals surface area (Å²) >= 11 is 0. The monoisotopic (exact) mass is 378 g/mol. The van der Waals surface area contributed by atoms with Gasteiger partial charge in [0.15, 0.2) is 0 Å². The van der Waals surface area contributed by atoms with E-state index in [1.807, 2.05) is 18.2 Å². The van der Waals surface area contributed by atoms with Gasteiger partial charge in [-0.15, -0.1) is 12.8 Å². The van der Waals surface area contributed by atoms with Crippen LogP contribution in [0.15, 0.2) is 72.8 Å².